The van der Waals surface area contributed by atoms with Crippen LogP contribution in [0.25, 0.3) is 0 Å². The maximum atomic E-state index is 11.2. The van der Waals surface area contributed by atoms with E-state index in [1.807, 2.05) is 5.54 Å². The van der Waals surface area contributed by atoms with E-state index in [4.69, 9.17) is 0 Å². The van der Waals surface area contributed by atoms with Crippen molar-refractivity contribution in [2.24, 2.45) is 0 Å². The van der Waals surface area contributed by atoms with Gasteiger partial charge in [0.15, 0.2) is 0 Å². The molecule has 0 fully saturated rings. The minimum atomic E-state index is -1.24. The molecule has 0 saturated heterocycles. The lowest BCUT2D eigenvalue weighted by Gasteiger charge is -1.97. The summed E-state index contributed by atoms with van der Waals surface area (Å²) < 4.78 is 15.6. The molecule has 1 amide bonds. The summed E-state index contributed by atoms with van der Waals surface area (Å²) in [5.74, 6) is 0.277. The van der Waals surface area contributed by atoms with Crippen molar-refractivity contribution < 1.29 is 14.0 Å². The number of hydrogen-bond acceptors (Lipinski definition) is 2. The molecule has 3 nitrogen and oxygen atoms in total. The number of para-hydroxylation sites is 1. The molecule has 0 N–H and O–H groups in total. The van der Waals surface area contributed by atoms with Gasteiger partial charge in [0.25, 0.3) is 0 Å². The van der Waals surface area contributed by atoms with E-state index < -0.39 is 6.09 Å². The summed E-state index contributed by atoms with van der Waals surface area (Å²) in [7, 11) is 0. The van der Waals surface area contributed by atoms with Crippen molar-refractivity contribution in [3.05, 3.63) is 30.3 Å². The maximum absolute atomic E-state index is 11.2. The largest absolute Gasteiger partial charge is 0.466 e. The molecule has 0 unspecified atom stereocenters. The van der Waals surface area contributed by atoms with E-state index in [0.29, 0.717) is 0 Å². The standard InChI is InChI=1S/C7H5FNO2/c8-9-7(10)11-6-4-2-1-3-5-6/h1-5H. The first-order valence-electron chi connectivity index (χ1n) is 2.92. The van der Waals surface area contributed by atoms with Gasteiger partial charge in [-0.15, -0.1) is 0 Å². The van der Waals surface area contributed by atoms with E-state index in [9.17, 15) is 9.28 Å². The number of carbonyl (C=O) groups excluding carboxylic acids is 1. The SMILES string of the molecule is O=C([N]F)Oc1ccccc1. The van der Waals surface area contributed by atoms with Crippen molar-refractivity contribution in [1.29, 1.82) is 0 Å². The van der Waals surface area contributed by atoms with E-state index in [0.717, 1.165) is 0 Å². The summed E-state index contributed by atoms with van der Waals surface area (Å²) in [6.07, 6.45) is -1.24. The summed E-state index contributed by atoms with van der Waals surface area (Å²) >= 11 is 0. The third-order valence-electron chi connectivity index (χ3n) is 1.02. The number of amides is 1. The van der Waals surface area contributed by atoms with Gasteiger partial charge < -0.3 is 4.74 Å². The topological polar surface area (TPSA) is 40.4 Å². The molecule has 1 rings (SSSR count). The fourth-order valence-corrected chi connectivity index (χ4v) is 0.607. The fraction of sp³-hybridized carbons (Fsp3) is 0. The minimum Gasteiger partial charge on any atom is -0.407 e. The average Bonchev–Trinajstić information content (AvgIpc) is 2.06. The normalized spacial score (nSPS) is 8.82. The lowest BCUT2D eigenvalue weighted by atomic mass is 10.3. The smallest absolute Gasteiger partial charge is 0.407 e. The van der Waals surface area contributed by atoms with Gasteiger partial charge in [0.1, 0.15) is 5.75 Å². The van der Waals surface area contributed by atoms with Crippen molar-refractivity contribution in [2.45, 2.75) is 0 Å². The predicted molar refractivity (Wildman–Crippen MR) is 35.7 cm³/mol. The Hall–Kier alpha value is -1.58. The van der Waals surface area contributed by atoms with Crippen LogP contribution in [0.4, 0.5) is 9.28 Å². The molecule has 0 aliphatic rings. The van der Waals surface area contributed by atoms with Gasteiger partial charge in [0, 0.05) is 0 Å². The molecule has 57 valence electrons. The predicted octanol–water partition coefficient (Wildman–Crippen LogP) is 1.67. The molecule has 0 bridgehead atoms. The highest BCUT2D eigenvalue weighted by molar-refractivity contribution is 5.68. The second kappa shape index (κ2) is 3.55. The molecule has 0 aliphatic heterocycles. The second-order valence-electron chi connectivity index (χ2n) is 1.77. The number of nitrogens with zero attached hydrogens (tertiary/aromatic N) is 1. The highest BCUT2D eigenvalue weighted by Gasteiger charge is 2.02. The monoisotopic (exact) mass is 154 g/mol. The van der Waals surface area contributed by atoms with Gasteiger partial charge in [-0.25, -0.2) is 4.79 Å². The molecule has 0 atom stereocenters. The van der Waals surface area contributed by atoms with E-state index in [-0.39, 0.29) is 5.75 Å². The van der Waals surface area contributed by atoms with E-state index >= 15 is 0 Å². The van der Waals surface area contributed by atoms with Gasteiger partial charge >= 0.3 is 6.09 Å². The Morgan fingerprint density at radius 1 is 1.36 bits per heavy atom. The number of benzene rings is 1. The van der Waals surface area contributed by atoms with E-state index in [1.54, 1.807) is 18.2 Å². The number of ether oxygens (including phenoxy) is 1. The molecule has 1 aromatic rings. The molecule has 0 spiro atoms. The zero-order valence-corrected chi connectivity index (χ0v) is 5.53. The number of rotatable bonds is 1. The fourth-order valence-electron chi connectivity index (χ4n) is 0.607. The number of carbonyl (C=O) groups is 1. The van der Waals surface area contributed by atoms with Crippen LogP contribution in [0.3, 0.4) is 0 Å². The van der Waals surface area contributed by atoms with Gasteiger partial charge in [-0.3, -0.25) is 0 Å². The molecule has 0 heterocycles. The van der Waals surface area contributed by atoms with Gasteiger partial charge in [0.2, 0.25) is 0 Å². The van der Waals surface area contributed by atoms with Crippen LogP contribution in [0.1, 0.15) is 0 Å². The van der Waals surface area contributed by atoms with Gasteiger partial charge in [-0.05, 0) is 17.7 Å². The summed E-state index contributed by atoms with van der Waals surface area (Å²) in [6.45, 7) is 0. The quantitative estimate of drug-likeness (QED) is 0.617. The second-order valence-corrected chi connectivity index (χ2v) is 1.77. The first kappa shape index (κ1) is 7.53. The molecular formula is C7H5FNO2. The first-order valence-corrected chi connectivity index (χ1v) is 2.92. The first-order chi connectivity index (χ1) is 5.33. The van der Waals surface area contributed by atoms with Gasteiger partial charge in [-0.1, -0.05) is 22.7 Å². The van der Waals surface area contributed by atoms with Crippen LogP contribution in [0.5, 0.6) is 5.75 Å². The molecular weight excluding hydrogens is 149 g/mol. The summed E-state index contributed by atoms with van der Waals surface area (Å²) in [5.41, 5.74) is 1.82. The van der Waals surface area contributed by atoms with Crippen molar-refractivity contribution in [2.75, 3.05) is 0 Å². The molecule has 1 radical (unpaired) electrons. The maximum Gasteiger partial charge on any atom is 0.466 e. The van der Waals surface area contributed by atoms with Crippen molar-refractivity contribution in [3.8, 4) is 5.75 Å². The van der Waals surface area contributed by atoms with Crippen molar-refractivity contribution in [3.63, 3.8) is 0 Å². The summed E-state index contributed by atoms with van der Waals surface area (Å²) in [5, 5.41) is 0. The van der Waals surface area contributed by atoms with Crippen LogP contribution in [0.2, 0.25) is 0 Å². The van der Waals surface area contributed by atoms with Crippen LogP contribution >= 0.6 is 0 Å². The minimum absolute atomic E-state index is 0.277. The highest BCUT2D eigenvalue weighted by Crippen LogP contribution is 2.07. The Balaban J connectivity index is 2.58. The van der Waals surface area contributed by atoms with Crippen LogP contribution in [-0.2, 0) is 0 Å². The molecule has 11 heavy (non-hydrogen) atoms. The zero-order chi connectivity index (χ0) is 8.10. The molecule has 0 aromatic heterocycles. The Bertz CT molecular complexity index is 237. The van der Waals surface area contributed by atoms with Crippen LogP contribution in [-0.4, -0.2) is 6.09 Å². The molecule has 4 heteroatoms. The summed E-state index contributed by atoms with van der Waals surface area (Å²) in [6, 6.07) is 8.15. The Labute approximate surface area is 62.7 Å². The van der Waals surface area contributed by atoms with Crippen LogP contribution in [0.15, 0.2) is 30.3 Å². The van der Waals surface area contributed by atoms with Crippen molar-refractivity contribution in [1.82, 2.24) is 5.54 Å². The Morgan fingerprint density at radius 2 is 2.00 bits per heavy atom. The van der Waals surface area contributed by atoms with Crippen LogP contribution < -0.4 is 10.3 Å². The number of hydrogen-bond donors (Lipinski definition) is 0. The highest BCUT2D eigenvalue weighted by atomic mass is 19.2. The molecule has 0 saturated carbocycles. The lowest BCUT2D eigenvalue weighted by Crippen LogP contribution is -2.12. The Morgan fingerprint density at radius 3 is 2.55 bits per heavy atom. The van der Waals surface area contributed by atoms with Crippen LogP contribution in [0, 0.1) is 0 Å². The third kappa shape index (κ3) is 2.25. The van der Waals surface area contributed by atoms with E-state index in [1.165, 1.54) is 12.1 Å². The van der Waals surface area contributed by atoms with Gasteiger partial charge in [-0.2, -0.15) is 0 Å². The zero-order valence-electron chi connectivity index (χ0n) is 5.53. The third-order valence-corrected chi connectivity index (χ3v) is 1.02. The average molecular weight is 154 g/mol. The summed E-state index contributed by atoms with van der Waals surface area (Å²) in [4.78, 5) is 10.2. The van der Waals surface area contributed by atoms with Gasteiger partial charge in [0.05, 0.1) is 0 Å². The van der Waals surface area contributed by atoms with E-state index in [2.05, 4.69) is 4.74 Å². The van der Waals surface area contributed by atoms with Crippen molar-refractivity contribution >= 4 is 6.09 Å². The molecule has 1 aromatic carbocycles. The lowest BCUT2D eigenvalue weighted by molar-refractivity contribution is 0.172. The molecule has 0 aliphatic carbocycles. The Kier molecular flexibility index (Phi) is 2.43. The number of halogens is 1.